The van der Waals surface area contributed by atoms with Gasteiger partial charge in [0.25, 0.3) is 11.7 Å². The Morgan fingerprint density at radius 3 is 2.40 bits per heavy atom. The first-order valence-electron chi connectivity index (χ1n) is 9.15. The van der Waals surface area contributed by atoms with Crippen molar-refractivity contribution in [3.63, 3.8) is 0 Å². The molecule has 5 nitrogen and oxygen atoms in total. The number of aliphatic hydroxyl groups excluding tert-OH is 1. The number of amides is 1. The van der Waals surface area contributed by atoms with Crippen molar-refractivity contribution in [2.45, 2.75) is 12.6 Å². The number of rotatable bonds is 4. The number of benzene rings is 2. The van der Waals surface area contributed by atoms with Gasteiger partial charge in [-0.15, -0.1) is 0 Å². The van der Waals surface area contributed by atoms with Gasteiger partial charge in [0, 0.05) is 34.5 Å². The highest BCUT2D eigenvalue weighted by Crippen LogP contribution is 2.42. The fourth-order valence-corrected chi connectivity index (χ4v) is 3.88. The molecule has 1 aliphatic rings. The third-order valence-electron chi connectivity index (χ3n) is 4.93. The topological polar surface area (TPSA) is 70.5 Å². The lowest BCUT2D eigenvalue weighted by Gasteiger charge is -2.26. The average Bonchev–Trinajstić information content (AvgIpc) is 3.00. The van der Waals surface area contributed by atoms with E-state index in [9.17, 15) is 14.7 Å². The molecule has 0 aliphatic carbocycles. The molecule has 1 aromatic heterocycles. The molecule has 0 unspecified atom stereocenters. The van der Waals surface area contributed by atoms with Crippen molar-refractivity contribution in [1.82, 2.24) is 9.88 Å². The van der Waals surface area contributed by atoms with Gasteiger partial charge >= 0.3 is 0 Å². The van der Waals surface area contributed by atoms with Crippen molar-refractivity contribution in [3.05, 3.63) is 105 Å². The molecule has 150 valence electrons. The highest BCUT2D eigenvalue weighted by Gasteiger charge is 2.46. The highest BCUT2D eigenvalue weighted by molar-refractivity contribution is 6.47. The molecule has 1 N–H and O–H groups in total. The summed E-state index contributed by atoms with van der Waals surface area (Å²) >= 11 is 12.4. The second-order valence-electron chi connectivity index (χ2n) is 6.82. The Morgan fingerprint density at radius 1 is 1.00 bits per heavy atom. The standard InChI is InChI=1S/C23H16Cl2N2O3/c24-16-9-7-15(8-10-16)21(28)19-20(17-5-1-2-6-18(17)25)27(23(30)22(19)29)13-14-4-3-11-26-12-14/h1-12,20,28H,13H2/b21-19+/t20-/m1/s1. The minimum Gasteiger partial charge on any atom is -0.507 e. The van der Waals surface area contributed by atoms with Crippen molar-refractivity contribution < 1.29 is 14.7 Å². The van der Waals surface area contributed by atoms with Gasteiger partial charge in [-0.3, -0.25) is 14.6 Å². The molecule has 30 heavy (non-hydrogen) atoms. The SMILES string of the molecule is O=C1C(=O)N(Cc2cccnc2)[C@H](c2ccccc2Cl)/C1=C(\O)c1ccc(Cl)cc1. The van der Waals surface area contributed by atoms with E-state index in [-0.39, 0.29) is 17.9 Å². The fourth-order valence-electron chi connectivity index (χ4n) is 3.51. The average molecular weight is 439 g/mol. The van der Waals surface area contributed by atoms with Crippen LogP contribution in [-0.2, 0) is 16.1 Å². The van der Waals surface area contributed by atoms with Crippen LogP contribution in [0.5, 0.6) is 0 Å². The number of hydrogen-bond donors (Lipinski definition) is 1. The van der Waals surface area contributed by atoms with Crippen LogP contribution in [0.4, 0.5) is 0 Å². The van der Waals surface area contributed by atoms with E-state index in [4.69, 9.17) is 23.2 Å². The number of halogens is 2. The fraction of sp³-hybridized carbons (Fsp3) is 0.0870. The number of nitrogens with zero attached hydrogens (tertiary/aromatic N) is 2. The van der Waals surface area contributed by atoms with E-state index in [0.29, 0.717) is 21.2 Å². The van der Waals surface area contributed by atoms with E-state index in [1.54, 1.807) is 67.0 Å². The summed E-state index contributed by atoms with van der Waals surface area (Å²) in [7, 11) is 0. The number of Topliss-reactive ketones (excluding diaryl/α,β-unsaturated/α-hetero) is 1. The molecule has 1 fully saturated rings. The van der Waals surface area contributed by atoms with Crippen LogP contribution in [0.25, 0.3) is 5.76 Å². The normalized spacial score (nSPS) is 18.1. The van der Waals surface area contributed by atoms with Gasteiger partial charge in [-0.2, -0.15) is 0 Å². The van der Waals surface area contributed by atoms with E-state index >= 15 is 0 Å². The van der Waals surface area contributed by atoms with Crippen molar-refractivity contribution in [2.24, 2.45) is 0 Å². The Bertz CT molecular complexity index is 1140. The molecule has 1 atom stereocenters. The minimum absolute atomic E-state index is 0.0145. The highest BCUT2D eigenvalue weighted by atomic mass is 35.5. The molecule has 0 saturated carbocycles. The van der Waals surface area contributed by atoms with E-state index in [1.165, 1.54) is 4.90 Å². The third kappa shape index (κ3) is 3.70. The maximum Gasteiger partial charge on any atom is 0.295 e. The van der Waals surface area contributed by atoms with Gasteiger partial charge in [0.05, 0.1) is 11.6 Å². The molecule has 0 radical (unpaired) electrons. The van der Waals surface area contributed by atoms with Crippen LogP contribution in [0.2, 0.25) is 10.0 Å². The lowest BCUT2D eigenvalue weighted by Crippen LogP contribution is -2.29. The lowest BCUT2D eigenvalue weighted by atomic mass is 9.95. The van der Waals surface area contributed by atoms with E-state index < -0.39 is 17.7 Å². The van der Waals surface area contributed by atoms with Gasteiger partial charge in [-0.25, -0.2) is 0 Å². The molecular formula is C23H16Cl2N2O3. The zero-order valence-electron chi connectivity index (χ0n) is 15.6. The molecule has 1 amide bonds. The van der Waals surface area contributed by atoms with E-state index in [2.05, 4.69) is 4.98 Å². The zero-order valence-corrected chi connectivity index (χ0v) is 17.1. The smallest absolute Gasteiger partial charge is 0.295 e. The first kappa shape index (κ1) is 20.1. The Balaban J connectivity index is 1.88. The van der Waals surface area contributed by atoms with Gasteiger partial charge in [0.15, 0.2) is 0 Å². The molecular weight excluding hydrogens is 423 g/mol. The molecule has 1 aliphatic heterocycles. The van der Waals surface area contributed by atoms with Crippen LogP contribution in [0.15, 0.2) is 78.6 Å². The molecule has 1 saturated heterocycles. The summed E-state index contributed by atoms with van der Waals surface area (Å²) in [6.45, 7) is 0.145. The number of carbonyl (C=O) groups excluding carboxylic acids is 2. The number of ketones is 1. The molecule has 3 aromatic rings. The summed E-state index contributed by atoms with van der Waals surface area (Å²) in [6.07, 6.45) is 3.26. The first-order chi connectivity index (χ1) is 14.5. The molecule has 0 spiro atoms. The van der Waals surface area contributed by atoms with Crippen molar-refractivity contribution >= 4 is 40.7 Å². The molecule has 2 heterocycles. The zero-order chi connectivity index (χ0) is 21.3. The largest absolute Gasteiger partial charge is 0.507 e. The predicted molar refractivity (Wildman–Crippen MR) is 115 cm³/mol. The first-order valence-corrected chi connectivity index (χ1v) is 9.90. The van der Waals surface area contributed by atoms with Crippen molar-refractivity contribution in [2.75, 3.05) is 0 Å². The Morgan fingerprint density at radius 2 is 1.73 bits per heavy atom. The number of hydrogen-bond acceptors (Lipinski definition) is 4. The summed E-state index contributed by atoms with van der Waals surface area (Å²) in [6, 6.07) is 16.1. The number of pyridine rings is 1. The van der Waals surface area contributed by atoms with Crippen LogP contribution in [-0.4, -0.2) is 26.7 Å². The van der Waals surface area contributed by atoms with Crippen LogP contribution in [0.1, 0.15) is 22.7 Å². The Labute approximate surface area is 183 Å². The van der Waals surface area contributed by atoms with Crippen molar-refractivity contribution in [3.8, 4) is 0 Å². The van der Waals surface area contributed by atoms with E-state index in [1.807, 2.05) is 6.07 Å². The summed E-state index contributed by atoms with van der Waals surface area (Å²) in [5.41, 5.74) is 1.68. The third-order valence-corrected chi connectivity index (χ3v) is 5.53. The van der Waals surface area contributed by atoms with Crippen LogP contribution in [0.3, 0.4) is 0 Å². The number of aromatic nitrogens is 1. The Hall–Kier alpha value is -3.15. The minimum atomic E-state index is -0.838. The van der Waals surface area contributed by atoms with Gasteiger partial charge in [0.1, 0.15) is 5.76 Å². The predicted octanol–water partition coefficient (Wildman–Crippen LogP) is 5.01. The quantitative estimate of drug-likeness (QED) is 0.353. The maximum atomic E-state index is 13.0. The summed E-state index contributed by atoms with van der Waals surface area (Å²) in [5.74, 6) is -1.75. The molecule has 2 aromatic carbocycles. The lowest BCUT2D eigenvalue weighted by molar-refractivity contribution is -0.140. The van der Waals surface area contributed by atoms with Gasteiger partial charge in [0.2, 0.25) is 0 Å². The number of likely N-dealkylation sites (tertiary alicyclic amines) is 1. The molecule has 0 bridgehead atoms. The second-order valence-corrected chi connectivity index (χ2v) is 7.66. The van der Waals surface area contributed by atoms with Gasteiger partial charge in [-0.1, -0.05) is 47.5 Å². The summed E-state index contributed by atoms with van der Waals surface area (Å²) in [5, 5.41) is 11.9. The van der Waals surface area contributed by atoms with Crippen LogP contribution < -0.4 is 0 Å². The molecule has 4 rings (SSSR count). The van der Waals surface area contributed by atoms with Gasteiger partial charge in [-0.05, 0) is 47.5 Å². The summed E-state index contributed by atoms with van der Waals surface area (Å²) in [4.78, 5) is 31.4. The van der Waals surface area contributed by atoms with Crippen LogP contribution >= 0.6 is 23.2 Å². The Kier molecular flexibility index (Phi) is 5.57. The van der Waals surface area contributed by atoms with E-state index in [0.717, 1.165) is 5.56 Å². The monoisotopic (exact) mass is 438 g/mol. The number of carbonyl (C=O) groups is 2. The second kappa shape index (κ2) is 8.30. The maximum absolute atomic E-state index is 13.0. The molecule has 7 heteroatoms. The van der Waals surface area contributed by atoms with Gasteiger partial charge < -0.3 is 10.0 Å². The number of aliphatic hydroxyl groups is 1. The van der Waals surface area contributed by atoms with Crippen LogP contribution in [0, 0.1) is 0 Å². The summed E-state index contributed by atoms with van der Waals surface area (Å²) < 4.78 is 0. The van der Waals surface area contributed by atoms with Crippen molar-refractivity contribution in [1.29, 1.82) is 0 Å².